The highest BCUT2D eigenvalue weighted by molar-refractivity contribution is 6.33. The molecule has 0 saturated carbocycles. The van der Waals surface area contributed by atoms with E-state index in [0.29, 0.717) is 28.8 Å². The molecule has 0 aliphatic carbocycles. The Labute approximate surface area is 179 Å². The van der Waals surface area contributed by atoms with Gasteiger partial charge in [-0.1, -0.05) is 16.8 Å². The molecule has 0 N–H and O–H groups in total. The minimum atomic E-state index is -0.224. The lowest BCUT2D eigenvalue weighted by atomic mass is 10.1. The minimum Gasteiger partial charge on any atom is -0.370 e. The first-order valence-electron chi connectivity index (χ1n) is 10.3. The Kier molecular flexibility index (Phi) is 5.12. The molecule has 3 aromatic rings. The number of aromatic nitrogens is 3. The minimum absolute atomic E-state index is 0.0592. The first-order chi connectivity index (χ1) is 14.7. The average molecular weight is 424 g/mol. The van der Waals surface area contributed by atoms with Crippen LogP contribution in [0.3, 0.4) is 0 Å². The number of benzene rings is 1. The Balaban J connectivity index is 1.37. The van der Waals surface area contributed by atoms with Crippen molar-refractivity contribution in [3.63, 3.8) is 0 Å². The number of likely N-dealkylation sites (tertiary alicyclic amines) is 1. The molecule has 30 heavy (non-hydrogen) atoms. The van der Waals surface area contributed by atoms with Gasteiger partial charge in [0.1, 0.15) is 6.04 Å². The maximum Gasteiger partial charge on any atom is 0.254 e. The van der Waals surface area contributed by atoms with E-state index < -0.39 is 0 Å². The lowest BCUT2D eigenvalue weighted by Gasteiger charge is -2.23. The molecule has 4 heterocycles. The van der Waals surface area contributed by atoms with Crippen LogP contribution < -0.4 is 4.90 Å². The highest BCUT2D eigenvalue weighted by atomic mass is 35.5. The summed E-state index contributed by atoms with van der Waals surface area (Å²) in [5.74, 6) is 0.910. The van der Waals surface area contributed by atoms with Gasteiger partial charge in [0.05, 0.1) is 10.7 Å². The van der Waals surface area contributed by atoms with E-state index >= 15 is 0 Å². The maximum absolute atomic E-state index is 13.2. The summed E-state index contributed by atoms with van der Waals surface area (Å²) in [4.78, 5) is 25.9. The Morgan fingerprint density at radius 3 is 2.63 bits per heavy atom. The van der Waals surface area contributed by atoms with E-state index in [0.717, 1.165) is 37.2 Å². The van der Waals surface area contributed by atoms with Crippen LogP contribution in [0.1, 0.15) is 48.0 Å². The first kappa shape index (κ1) is 19.1. The Morgan fingerprint density at radius 2 is 1.87 bits per heavy atom. The quantitative estimate of drug-likeness (QED) is 0.620. The van der Waals surface area contributed by atoms with Crippen molar-refractivity contribution in [3.05, 3.63) is 59.2 Å². The largest absolute Gasteiger partial charge is 0.370 e. The van der Waals surface area contributed by atoms with Gasteiger partial charge in [0, 0.05) is 43.2 Å². The van der Waals surface area contributed by atoms with E-state index in [4.69, 9.17) is 16.1 Å². The number of carbonyl (C=O) groups excluding carboxylic acids is 1. The van der Waals surface area contributed by atoms with E-state index in [1.165, 1.54) is 12.8 Å². The van der Waals surface area contributed by atoms with Crippen molar-refractivity contribution >= 4 is 23.2 Å². The van der Waals surface area contributed by atoms with E-state index in [-0.39, 0.29) is 11.9 Å². The number of pyridine rings is 1. The zero-order valence-corrected chi connectivity index (χ0v) is 17.3. The molecule has 7 nitrogen and oxygen atoms in total. The number of rotatable bonds is 4. The summed E-state index contributed by atoms with van der Waals surface area (Å²) in [5, 5.41) is 4.71. The van der Waals surface area contributed by atoms with Gasteiger partial charge in [-0.2, -0.15) is 4.98 Å². The van der Waals surface area contributed by atoms with E-state index in [1.54, 1.807) is 18.5 Å². The predicted octanol–water partition coefficient (Wildman–Crippen LogP) is 4.36. The summed E-state index contributed by atoms with van der Waals surface area (Å²) >= 11 is 6.53. The molecular formula is C22H22ClN5O2. The van der Waals surface area contributed by atoms with Crippen molar-refractivity contribution in [1.82, 2.24) is 20.0 Å². The summed E-state index contributed by atoms with van der Waals surface area (Å²) in [5.41, 5.74) is 2.42. The van der Waals surface area contributed by atoms with E-state index in [9.17, 15) is 4.79 Å². The molecule has 0 bridgehead atoms. The van der Waals surface area contributed by atoms with Crippen LogP contribution in [0.15, 0.2) is 47.2 Å². The van der Waals surface area contributed by atoms with Gasteiger partial charge in [-0.05, 0) is 56.0 Å². The normalized spacial score (nSPS) is 18.9. The lowest BCUT2D eigenvalue weighted by Crippen LogP contribution is -2.30. The lowest BCUT2D eigenvalue weighted by molar-refractivity contribution is 0.0710. The molecule has 5 rings (SSSR count). The number of anilines is 1. The van der Waals surface area contributed by atoms with Crippen molar-refractivity contribution in [2.24, 2.45) is 0 Å². The van der Waals surface area contributed by atoms with Crippen LogP contribution in [-0.2, 0) is 0 Å². The van der Waals surface area contributed by atoms with Crippen LogP contribution >= 0.6 is 11.6 Å². The van der Waals surface area contributed by atoms with Gasteiger partial charge >= 0.3 is 0 Å². The van der Waals surface area contributed by atoms with Gasteiger partial charge in [-0.25, -0.2) is 0 Å². The van der Waals surface area contributed by atoms with Gasteiger partial charge in [0.2, 0.25) is 11.7 Å². The van der Waals surface area contributed by atoms with Crippen molar-refractivity contribution in [3.8, 4) is 11.4 Å². The Morgan fingerprint density at radius 1 is 1.07 bits per heavy atom. The van der Waals surface area contributed by atoms with Crippen LogP contribution in [0.4, 0.5) is 5.69 Å². The van der Waals surface area contributed by atoms with Gasteiger partial charge in [0.25, 0.3) is 5.91 Å². The fourth-order valence-electron chi connectivity index (χ4n) is 4.28. The molecule has 2 aromatic heterocycles. The van der Waals surface area contributed by atoms with Crippen LogP contribution in [-0.4, -0.2) is 45.6 Å². The van der Waals surface area contributed by atoms with Crippen LogP contribution in [0.5, 0.6) is 0 Å². The average Bonchev–Trinajstić information content (AvgIpc) is 3.55. The molecule has 0 unspecified atom stereocenters. The number of carbonyl (C=O) groups is 1. The molecule has 2 fully saturated rings. The second-order valence-electron chi connectivity index (χ2n) is 7.71. The summed E-state index contributed by atoms with van der Waals surface area (Å²) < 4.78 is 5.52. The monoisotopic (exact) mass is 423 g/mol. The third-order valence-corrected chi connectivity index (χ3v) is 6.12. The van der Waals surface area contributed by atoms with Crippen molar-refractivity contribution in [2.45, 2.75) is 31.7 Å². The highest BCUT2D eigenvalue weighted by Crippen LogP contribution is 2.35. The number of nitrogens with zero attached hydrogens (tertiary/aromatic N) is 5. The van der Waals surface area contributed by atoms with Crippen LogP contribution in [0.2, 0.25) is 5.02 Å². The van der Waals surface area contributed by atoms with Gasteiger partial charge in [-0.15, -0.1) is 0 Å². The zero-order valence-electron chi connectivity index (χ0n) is 16.5. The van der Waals surface area contributed by atoms with Gasteiger partial charge < -0.3 is 14.3 Å². The molecule has 1 aromatic carbocycles. The SMILES string of the molecule is O=C(c1ccc(N2CCCC2)c(Cl)c1)N1CCC[C@H]1c1nc(-c2ccncc2)no1. The molecule has 2 saturated heterocycles. The number of halogens is 1. The fraction of sp³-hybridized carbons (Fsp3) is 0.364. The molecule has 0 radical (unpaired) electrons. The summed E-state index contributed by atoms with van der Waals surface area (Å²) in [6, 6.07) is 9.04. The molecule has 8 heteroatoms. The molecule has 1 amide bonds. The third-order valence-electron chi connectivity index (χ3n) is 5.82. The fourth-order valence-corrected chi connectivity index (χ4v) is 4.58. The number of hydrogen-bond donors (Lipinski definition) is 0. The number of hydrogen-bond acceptors (Lipinski definition) is 6. The van der Waals surface area contributed by atoms with Gasteiger partial charge in [0.15, 0.2) is 0 Å². The Hall–Kier alpha value is -2.93. The standard InChI is InChI=1S/C22H22ClN5O2/c23-17-14-16(5-6-18(17)27-11-1-2-12-27)22(29)28-13-3-4-19(28)21-25-20(26-30-21)15-7-9-24-10-8-15/h5-10,14,19H,1-4,11-13H2/t19-/m0/s1. The second-order valence-corrected chi connectivity index (χ2v) is 8.12. The second kappa shape index (κ2) is 8.07. The van der Waals surface area contributed by atoms with Crippen molar-refractivity contribution in [2.75, 3.05) is 24.5 Å². The smallest absolute Gasteiger partial charge is 0.254 e. The summed E-state index contributed by atoms with van der Waals surface area (Å²) in [6.07, 6.45) is 7.42. The molecule has 2 aliphatic rings. The maximum atomic E-state index is 13.2. The van der Waals surface area contributed by atoms with Crippen molar-refractivity contribution < 1.29 is 9.32 Å². The highest BCUT2D eigenvalue weighted by Gasteiger charge is 2.35. The molecule has 0 spiro atoms. The van der Waals surface area contributed by atoms with E-state index in [1.807, 2.05) is 29.2 Å². The Bertz CT molecular complexity index is 1050. The van der Waals surface area contributed by atoms with Crippen LogP contribution in [0, 0.1) is 0 Å². The van der Waals surface area contributed by atoms with Crippen molar-refractivity contribution in [1.29, 1.82) is 0 Å². The first-order valence-corrected chi connectivity index (χ1v) is 10.7. The van der Waals surface area contributed by atoms with Gasteiger partial charge in [-0.3, -0.25) is 9.78 Å². The zero-order chi connectivity index (χ0) is 20.5. The predicted molar refractivity (Wildman–Crippen MR) is 113 cm³/mol. The van der Waals surface area contributed by atoms with E-state index in [2.05, 4.69) is 20.0 Å². The molecular weight excluding hydrogens is 402 g/mol. The molecule has 2 aliphatic heterocycles. The topological polar surface area (TPSA) is 75.4 Å². The third kappa shape index (κ3) is 3.54. The van der Waals surface area contributed by atoms with Crippen LogP contribution in [0.25, 0.3) is 11.4 Å². The molecule has 1 atom stereocenters. The number of amides is 1. The summed E-state index contributed by atoms with van der Waals surface area (Å²) in [6.45, 7) is 2.68. The summed E-state index contributed by atoms with van der Waals surface area (Å²) in [7, 11) is 0. The molecule has 154 valence electrons.